The largest absolute Gasteiger partial charge is 0.383 e. The van der Waals surface area contributed by atoms with E-state index in [0.717, 1.165) is 26.1 Å². The highest BCUT2D eigenvalue weighted by Crippen LogP contribution is 2.29. The molecule has 2 rings (SSSR count). The predicted molar refractivity (Wildman–Crippen MR) is 66.6 cm³/mol. The number of methoxy groups -OCH3 is 1. The van der Waals surface area contributed by atoms with Crippen molar-refractivity contribution in [3.05, 3.63) is 18.2 Å². The van der Waals surface area contributed by atoms with Gasteiger partial charge in [-0.25, -0.2) is 4.98 Å². The smallest absolute Gasteiger partial charge is 0.0946 e. The highest BCUT2D eigenvalue weighted by atomic mass is 16.5. The van der Waals surface area contributed by atoms with Crippen LogP contribution in [0.2, 0.25) is 0 Å². The van der Waals surface area contributed by atoms with E-state index in [4.69, 9.17) is 10.5 Å². The molecule has 1 fully saturated rings. The van der Waals surface area contributed by atoms with Crippen LogP contribution in [0.3, 0.4) is 0 Å². The summed E-state index contributed by atoms with van der Waals surface area (Å²) in [5.41, 5.74) is 7.48. The first-order valence-corrected chi connectivity index (χ1v) is 6.19. The van der Waals surface area contributed by atoms with E-state index in [2.05, 4.69) is 14.5 Å². The number of nitrogens with two attached hydrogens (primary N) is 1. The second-order valence-corrected chi connectivity index (χ2v) is 4.71. The predicted octanol–water partition coefficient (Wildman–Crippen LogP) is 0.531. The van der Waals surface area contributed by atoms with Gasteiger partial charge in [0.25, 0.3) is 0 Å². The Kier molecular flexibility index (Phi) is 4.15. The summed E-state index contributed by atoms with van der Waals surface area (Å²) in [6.07, 6.45) is 6.01. The Morgan fingerprint density at radius 2 is 2.41 bits per heavy atom. The molecule has 0 aliphatic carbocycles. The minimum atomic E-state index is 0.191. The van der Waals surface area contributed by atoms with Gasteiger partial charge in [0.2, 0.25) is 0 Å². The molecule has 0 spiro atoms. The summed E-state index contributed by atoms with van der Waals surface area (Å²) >= 11 is 0. The van der Waals surface area contributed by atoms with Crippen LogP contribution in [-0.2, 0) is 11.8 Å². The Hall–Kier alpha value is -0.910. The molecular formula is C12H22N4O. The molecule has 1 aromatic rings. The van der Waals surface area contributed by atoms with Crippen molar-refractivity contribution in [1.29, 1.82) is 0 Å². The quantitative estimate of drug-likeness (QED) is 0.831. The van der Waals surface area contributed by atoms with Crippen molar-refractivity contribution in [2.75, 3.05) is 26.8 Å². The van der Waals surface area contributed by atoms with Crippen molar-refractivity contribution in [1.82, 2.24) is 14.5 Å². The van der Waals surface area contributed by atoms with Gasteiger partial charge in [0.05, 0.1) is 24.7 Å². The summed E-state index contributed by atoms with van der Waals surface area (Å²) < 4.78 is 7.24. The SMILES string of the molecule is COCCN1CCCC(N)C1c1cncn1C. The molecule has 5 heteroatoms. The number of likely N-dealkylation sites (tertiary alicyclic amines) is 1. The summed E-state index contributed by atoms with van der Waals surface area (Å²) in [6.45, 7) is 2.77. The summed E-state index contributed by atoms with van der Waals surface area (Å²) in [4.78, 5) is 6.61. The zero-order valence-corrected chi connectivity index (χ0v) is 10.7. The van der Waals surface area contributed by atoms with Crippen LogP contribution < -0.4 is 5.73 Å². The van der Waals surface area contributed by atoms with Crippen LogP contribution in [-0.4, -0.2) is 47.3 Å². The van der Waals surface area contributed by atoms with E-state index in [1.807, 2.05) is 19.6 Å². The number of piperidine rings is 1. The molecule has 0 aromatic carbocycles. The third-order valence-electron chi connectivity index (χ3n) is 3.52. The summed E-state index contributed by atoms with van der Waals surface area (Å²) in [6, 6.07) is 0.461. The number of aryl methyl sites for hydroxylation is 1. The molecular weight excluding hydrogens is 216 g/mol. The van der Waals surface area contributed by atoms with Gasteiger partial charge < -0.3 is 15.0 Å². The Morgan fingerprint density at radius 3 is 3.06 bits per heavy atom. The van der Waals surface area contributed by atoms with E-state index in [0.29, 0.717) is 0 Å². The van der Waals surface area contributed by atoms with Gasteiger partial charge in [0.1, 0.15) is 0 Å². The second-order valence-electron chi connectivity index (χ2n) is 4.71. The van der Waals surface area contributed by atoms with E-state index < -0.39 is 0 Å². The van der Waals surface area contributed by atoms with Crippen molar-refractivity contribution in [3.8, 4) is 0 Å². The van der Waals surface area contributed by atoms with Gasteiger partial charge in [-0.05, 0) is 19.4 Å². The minimum absolute atomic E-state index is 0.191. The molecule has 0 radical (unpaired) electrons. The number of rotatable bonds is 4. The first-order valence-electron chi connectivity index (χ1n) is 6.19. The van der Waals surface area contributed by atoms with Crippen LogP contribution in [0.5, 0.6) is 0 Å². The second kappa shape index (κ2) is 5.62. The topological polar surface area (TPSA) is 56.3 Å². The number of aromatic nitrogens is 2. The standard InChI is InChI=1S/C12H22N4O/c1-15-9-14-8-11(15)12-10(13)4-3-5-16(12)6-7-17-2/h8-10,12H,3-7,13H2,1-2H3. The van der Waals surface area contributed by atoms with Crippen LogP contribution in [0.15, 0.2) is 12.5 Å². The maximum absolute atomic E-state index is 6.28. The maximum Gasteiger partial charge on any atom is 0.0946 e. The van der Waals surface area contributed by atoms with Crippen molar-refractivity contribution in [2.45, 2.75) is 24.9 Å². The maximum atomic E-state index is 6.28. The lowest BCUT2D eigenvalue weighted by atomic mass is 9.94. The van der Waals surface area contributed by atoms with E-state index in [1.54, 1.807) is 7.11 Å². The average molecular weight is 238 g/mol. The molecule has 96 valence electrons. The molecule has 0 saturated carbocycles. The van der Waals surface area contributed by atoms with Crippen LogP contribution in [0.4, 0.5) is 0 Å². The normalized spacial score (nSPS) is 26.3. The zero-order valence-electron chi connectivity index (χ0n) is 10.7. The molecule has 0 amide bonds. The summed E-state index contributed by atoms with van der Waals surface area (Å²) in [5.74, 6) is 0. The third-order valence-corrected chi connectivity index (χ3v) is 3.52. The number of hydrogen-bond acceptors (Lipinski definition) is 4. The molecule has 2 heterocycles. The molecule has 2 N–H and O–H groups in total. The Balaban J connectivity index is 2.16. The van der Waals surface area contributed by atoms with Gasteiger partial charge in [-0.1, -0.05) is 0 Å². The Bertz CT molecular complexity index is 352. The van der Waals surface area contributed by atoms with Gasteiger partial charge in [0, 0.05) is 32.9 Å². The Morgan fingerprint density at radius 1 is 1.59 bits per heavy atom. The minimum Gasteiger partial charge on any atom is -0.383 e. The average Bonchev–Trinajstić information content (AvgIpc) is 2.73. The van der Waals surface area contributed by atoms with Crippen LogP contribution in [0.25, 0.3) is 0 Å². The van der Waals surface area contributed by atoms with Gasteiger partial charge in [-0.2, -0.15) is 0 Å². The first-order chi connectivity index (χ1) is 8.24. The molecule has 17 heavy (non-hydrogen) atoms. The van der Waals surface area contributed by atoms with Crippen LogP contribution in [0, 0.1) is 0 Å². The summed E-state index contributed by atoms with van der Waals surface area (Å²) in [7, 11) is 3.76. The molecule has 1 aromatic heterocycles. The van der Waals surface area contributed by atoms with Crippen molar-refractivity contribution < 1.29 is 4.74 Å². The van der Waals surface area contributed by atoms with Crippen LogP contribution >= 0.6 is 0 Å². The summed E-state index contributed by atoms with van der Waals surface area (Å²) in [5, 5.41) is 0. The monoisotopic (exact) mass is 238 g/mol. The first kappa shape index (κ1) is 12.5. The number of imidazole rings is 1. The molecule has 1 aliphatic heterocycles. The lowest BCUT2D eigenvalue weighted by molar-refractivity contribution is 0.0815. The third kappa shape index (κ3) is 2.68. The fourth-order valence-electron chi connectivity index (χ4n) is 2.62. The van der Waals surface area contributed by atoms with Gasteiger partial charge in [-0.3, -0.25) is 4.90 Å². The fraction of sp³-hybridized carbons (Fsp3) is 0.750. The number of hydrogen-bond donors (Lipinski definition) is 1. The van der Waals surface area contributed by atoms with Gasteiger partial charge >= 0.3 is 0 Å². The van der Waals surface area contributed by atoms with Crippen molar-refractivity contribution in [3.63, 3.8) is 0 Å². The van der Waals surface area contributed by atoms with E-state index in [-0.39, 0.29) is 12.1 Å². The molecule has 0 bridgehead atoms. The van der Waals surface area contributed by atoms with Gasteiger partial charge in [-0.15, -0.1) is 0 Å². The molecule has 1 saturated heterocycles. The van der Waals surface area contributed by atoms with Crippen LogP contribution in [0.1, 0.15) is 24.6 Å². The van der Waals surface area contributed by atoms with Crippen molar-refractivity contribution >= 4 is 0 Å². The lowest BCUT2D eigenvalue weighted by Gasteiger charge is -2.39. The number of nitrogens with zero attached hydrogens (tertiary/aromatic N) is 3. The fourth-order valence-corrected chi connectivity index (χ4v) is 2.62. The number of ether oxygens (including phenoxy) is 1. The highest BCUT2D eigenvalue weighted by Gasteiger charge is 2.31. The molecule has 5 nitrogen and oxygen atoms in total. The zero-order chi connectivity index (χ0) is 12.3. The molecule has 2 unspecified atom stereocenters. The Labute approximate surface area is 103 Å². The van der Waals surface area contributed by atoms with E-state index in [1.165, 1.54) is 12.1 Å². The van der Waals surface area contributed by atoms with Crippen molar-refractivity contribution in [2.24, 2.45) is 12.8 Å². The van der Waals surface area contributed by atoms with Gasteiger partial charge in [0.15, 0.2) is 0 Å². The van der Waals surface area contributed by atoms with E-state index >= 15 is 0 Å². The highest BCUT2D eigenvalue weighted by molar-refractivity contribution is 5.10. The molecule has 1 aliphatic rings. The lowest BCUT2D eigenvalue weighted by Crippen LogP contribution is -2.47. The van der Waals surface area contributed by atoms with E-state index in [9.17, 15) is 0 Å². The molecule has 2 atom stereocenters.